The maximum absolute atomic E-state index is 11.8. The molecule has 1 N–H and O–H groups in total. The molecule has 0 spiro atoms. The normalized spacial score (nSPS) is 12.3. The van der Waals surface area contributed by atoms with Crippen molar-refractivity contribution in [2.24, 2.45) is 11.8 Å². The van der Waals surface area contributed by atoms with Crippen LogP contribution in [0, 0.1) is 11.8 Å². The van der Waals surface area contributed by atoms with Gasteiger partial charge in [0, 0.05) is 12.8 Å². The zero-order valence-electron chi connectivity index (χ0n) is 24.4. The van der Waals surface area contributed by atoms with Crippen molar-refractivity contribution in [1.29, 1.82) is 0 Å². The molecule has 214 valence electrons. The molecule has 0 aromatic rings. The highest BCUT2D eigenvalue weighted by molar-refractivity contribution is 5.69. The lowest BCUT2D eigenvalue weighted by Crippen LogP contribution is -2.25. The summed E-state index contributed by atoms with van der Waals surface area (Å²) in [5, 5.41) is 9.91. The first kappa shape index (κ1) is 34.9. The molecule has 0 aliphatic carbocycles. The Bertz CT molecular complexity index is 503. The number of esters is 2. The average Bonchev–Trinajstić information content (AvgIpc) is 2.83. The molecule has 0 fully saturated rings. The van der Waals surface area contributed by atoms with E-state index in [1.165, 1.54) is 77.0 Å². The lowest BCUT2D eigenvalue weighted by atomic mass is 10.0. The fourth-order valence-corrected chi connectivity index (χ4v) is 4.34. The topological polar surface area (TPSA) is 72.8 Å². The third kappa shape index (κ3) is 27.5. The minimum absolute atomic E-state index is 0.111. The van der Waals surface area contributed by atoms with Crippen molar-refractivity contribution in [3.05, 3.63) is 0 Å². The van der Waals surface area contributed by atoms with Gasteiger partial charge in [0.05, 0.1) is 0 Å². The molecule has 0 bridgehead atoms. The molecule has 0 unspecified atom stereocenters. The molecule has 0 aromatic carbocycles. The number of unbranched alkanes of at least 4 members (excludes halogenated alkanes) is 14. The summed E-state index contributed by atoms with van der Waals surface area (Å²) in [4.78, 5) is 23.7. The van der Waals surface area contributed by atoms with Gasteiger partial charge >= 0.3 is 11.9 Å². The van der Waals surface area contributed by atoms with E-state index in [1.807, 2.05) is 0 Å². The third-order valence-corrected chi connectivity index (χ3v) is 6.70. The molecular weight excluding hydrogens is 452 g/mol. The van der Waals surface area contributed by atoms with Gasteiger partial charge in [0.2, 0.25) is 0 Å². The monoisotopic (exact) mass is 512 g/mol. The molecule has 0 saturated heterocycles. The molecule has 0 aliphatic heterocycles. The predicted molar refractivity (Wildman–Crippen MR) is 150 cm³/mol. The quantitative estimate of drug-likeness (QED) is 0.0928. The van der Waals surface area contributed by atoms with Crippen LogP contribution in [0.2, 0.25) is 0 Å². The van der Waals surface area contributed by atoms with Gasteiger partial charge in [-0.3, -0.25) is 9.59 Å². The highest BCUT2D eigenvalue weighted by Gasteiger charge is 2.12. The number of ether oxygens (including phenoxy) is 2. The van der Waals surface area contributed by atoms with Crippen LogP contribution in [0.15, 0.2) is 0 Å². The van der Waals surface area contributed by atoms with Gasteiger partial charge in [-0.25, -0.2) is 0 Å². The molecule has 5 nitrogen and oxygen atoms in total. The number of rotatable bonds is 26. The van der Waals surface area contributed by atoms with Crippen molar-refractivity contribution < 1.29 is 24.2 Å². The Morgan fingerprint density at radius 2 is 0.778 bits per heavy atom. The van der Waals surface area contributed by atoms with Gasteiger partial charge in [0.15, 0.2) is 0 Å². The zero-order chi connectivity index (χ0) is 26.9. The Morgan fingerprint density at radius 1 is 0.500 bits per heavy atom. The van der Waals surface area contributed by atoms with Crippen LogP contribution in [0.25, 0.3) is 0 Å². The molecule has 0 heterocycles. The van der Waals surface area contributed by atoms with E-state index < -0.39 is 6.10 Å². The van der Waals surface area contributed by atoms with E-state index in [0.29, 0.717) is 12.8 Å². The highest BCUT2D eigenvalue weighted by atomic mass is 16.6. The van der Waals surface area contributed by atoms with Crippen molar-refractivity contribution >= 4 is 11.9 Å². The lowest BCUT2D eigenvalue weighted by molar-refractivity contribution is -0.152. The van der Waals surface area contributed by atoms with Crippen molar-refractivity contribution in [3.8, 4) is 0 Å². The molecule has 0 rings (SSSR count). The Kier molecular flexibility index (Phi) is 24.8. The Balaban J connectivity index is 3.44. The second kappa shape index (κ2) is 25.5. The van der Waals surface area contributed by atoms with Crippen molar-refractivity contribution in [1.82, 2.24) is 0 Å². The van der Waals surface area contributed by atoms with Crippen LogP contribution in [0.1, 0.15) is 156 Å². The average molecular weight is 513 g/mol. The molecule has 0 aliphatic rings. The molecule has 0 amide bonds. The molecule has 5 heteroatoms. The first-order valence-electron chi connectivity index (χ1n) is 15.3. The van der Waals surface area contributed by atoms with Crippen LogP contribution in [-0.2, 0) is 19.1 Å². The maximum Gasteiger partial charge on any atom is 0.305 e. The molecule has 0 aromatic heterocycles. The smallest absolute Gasteiger partial charge is 0.305 e. The molecular formula is C31H60O5. The number of aliphatic hydroxyl groups excluding tert-OH is 1. The summed E-state index contributed by atoms with van der Waals surface area (Å²) in [6, 6.07) is 0. The first-order chi connectivity index (χ1) is 17.3. The van der Waals surface area contributed by atoms with Gasteiger partial charge in [-0.05, 0) is 24.7 Å². The summed E-state index contributed by atoms with van der Waals surface area (Å²) >= 11 is 0. The van der Waals surface area contributed by atoms with Crippen molar-refractivity contribution in [2.45, 2.75) is 162 Å². The summed E-state index contributed by atoms with van der Waals surface area (Å²) in [5.41, 5.74) is 0. The second-order valence-corrected chi connectivity index (χ2v) is 11.5. The molecule has 1 atom stereocenters. The first-order valence-corrected chi connectivity index (χ1v) is 15.3. The fourth-order valence-electron chi connectivity index (χ4n) is 4.34. The lowest BCUT2D eigenvalue weighted by Gasteiger charge is -2.12. The largest absolute Gasteiger partial charge is 0.463 e. The standard InChI is InChI=1S/C31H60O5/c1-27(2)21-17-13-9-7-5-6-8-10-15-19-23-30(33)35-25-29(32)26-36-31(34)24-20-16-12-11-14-18-22-28(3)4/h27-29,32H,5-26H2,1-4H3/t29-/m0/s1. The van der Waals surface area contributed by atoms with Crippen LogP contribution < -0.4 is 0 Å². The number of hydrogen-bond donors (Lipinski definition) is 1. The van der Waals surface area contributed by atoms with E-state index in [4.69, 9.17) is 9.47 Å². The van der Waals surface area contributed by atoms with Gasteiger partial charge in [-0.2, -0.15) is 0 Å². The van der Waals surface area contributed by atoms with Crippen LogP contribution in [0.5, 0.6) is 0 Å². The number of aliphatic hydroxyl groups is 1. The van der Waals surface area contributed by atoms with E-state index in [2.05, 4.69) is 27.7 Å². The minimum atomic E-state index is -0.954. The summed E-state index contributed by atoms with van der Waals surface area (Å²) in [7, 11) is 0. The Labute approximate surface area is 223 Å². The fraction of sp³-hybridized carbons (Fsp3) is 0.935. The summed E-state index contributed by atoms with van der Waals surface area (Å²) in [5.74, 6) is 1.04. The molecule has 36 heavy (non-hydrogen) atoms. The van der Waals surface area contributed by atoms with Gasteiger partial charge in [-0.1, -0.05) is 130 Å². The predicted octanol–water partition coefficient (Wildman–Crippen LogP) is 8.55. The summed E-state index contributed by atoms with van der Waals surface area (Å²) in [6.07, 6.45) is 21.6. The van der Waals surface area contributed by atoms with Gasteiger partial charge in [0.25, 0.3) is 0 Å². The summed E-state index contributed by atoms with van der Waals surface area (Å²) < 4.78 is 10.2. The number of carbonyl (C=O) groups excluding carboxylic acids is 2. The Hall–Kier alpha value is -1.10. The van der Waals surface area contributed by atoms with E-state index >= 15 is 0 Å². The van der Waals surface area contributed by atoms with E-state index in [1.54, 1.807) is 0 Å². The highest BCUT2D eigenvalue weighted by Crippen LogP contribution is 2.14. The van der Waals surface area contributed by atoms with Crippen LogP contribution >= 0.6 is 0 Å². The van der Waals surface area contributed by atoms with Crippen molar-refractivity contribution in [2.75, 3.05) is 13.2 Å². The van der Waals surface area contributed by atoms with Crippen LogP contribution in [0.3, 0.4) is 0 Å². The zero-order valence-corrected chi connectivity index (χ0v) is 24.4. The Morgan fingerprint density at radius 3 is 1.08 bits per heavy atom. The van der Waals surface area contributed by atoms with Crippen LogP contribution in [0.4, 0.5) is 0 Å². The van der Waals surface area contributed by atoms with Crippen LogP contribution in [-0.4, -0.2) is 36.4 Å². The van der Waals surface area contributed by atoms with E-state index in [9.17, 15) is 14.7 Å². The van der Waals surface area contributed by atoms with E-state index in [-0.39, 0.29) is 25.2 Å². The molecule has 0 radical (unpaired) electrons. The van der Waals surface area contributed by atoms with Gasteiger partial charge < -0.3 is 14.6 Å². The SMILES string of the molecule is CC(C)CCCCCCCCCCCCC(=O)OC[C@H](O)COC(=O)CCCCCCCCC(C)C. The minimum Gasteiger partial charge on any atom is -0.463 e. The number of carbonyl (C=O) groups is 2. The van der Waals surface area contributed by atoms with Gasteiger partial charge in [0.1, 0.15) is 19.3 Å². The number of hydrogen-bond acceptors (Lipinski definition) is 5. The second-order valence-electron chi connectivity index (χ2n) is 11.5. The van der Waals surface area contributed by atoms with Gasteiger partial charge in [-0.15, -0.1) is 0 Å². The van der Waals surface area contributed by atoms with Crippen molar-refractivity contribution in [3.63, 3.8) is 0 Å². The summed E-state index contributed by atoms with van der Waals surface area (Å²) in [6.45, 7) is 8.88. The van der Waals surface area contributed by atoms with E-state index in [0.717, 1.165) is 50.4 Å². The third-order valence-electron chi connectivity index (χ3n) is 6.70. The maximum atomic E-state index is 11.8. The molecule has 0 saturated carbocycles.